The molecule has 2 rings (SSSR count). The lowest BCUT2D eigenvalue weighted by Gasteiger charge is -2.31. The number of carbonyl (C=O) groups is 1. The zero-order valence-electron chi connectivity index (χ0n) is 9.75. The molecule has 0 aromatic carbocycles. The van der Waals surface area contributed by atoms with Gasteiger partial charge in [0, 0.05) is 13.0 Å². The zero-order valence-corrected chi connectivity index (χ0v) is 9.75. The standard InChI is InChI=1S/C12H21FN2O/c13-11-2-1-7-15(9-11)12(16)8-10-3-5-14-6-4-10/h10-11,14H,1-9H2/t11-/m0/s1. The van der Waals surface area contributed by atoms with E-state index in [4.69, 9.17) is 0 Å². The third kappa shape index (κ3) is 3.17. The van der Waals surface area contributed by atoms with Crippen LogP contribution in [0, 0.1) is 5.92 Å². The highest BCUT2D eigenvalue weighted by Crippen LogP contribution is 2.20. The number of hydrogen-bond donors (Lipinski definition) is 1. The van der Waals surface area contributed by atoms with E-state index in [1.165, 1.54) is 0 Å². The van der Waals surface area contributed by atoms with Crippen molar-refractivity contribution in [2.45, 2.75) is 38.3 Å². The average molecular weight is 228 g/mol. The minimum atomic E-state index is -0.800. The number of rotatable bonds is 2. The Bertz CT molecular complexity index is 241. The molecular formula is C12H21FN2O. The minimum Gasteiger partial charge on any atom is -0.340 e. The average Bonchev–Trinajstić information content (AvgIpc) is 2.30. The van der Waals surface area contributed by atoms with Gasteiger partial charge in [-0.2, -0.15) is 0 Å². The van der Waals surface area contributed by atoms with E-state index in [0.717, 1.165) is 38.9 Å². The third-order valence-corrected chi connectivity index (χ3v) is 3.64. The molecule has 0 aromatic rings. The molecule has 1 N–H and O–H groups in total. The summed E-state index contributed by atoms with van der Waals surface area (Å²) in [5.74, 6) is 0.669. The molecule has 0 unspecified atom stereocenters. The Labute approximate surface area is 96.4 Å². The second-order valence-corrected chi connectivity index (χ2v) is 4.98. The van der Waals surface area contributed by atoms with Crippen LogP contribution in [0.15, 0.2) is 0 Å². The predicted molar refractivity (Wildman–Crippen MR) is 60.9 cm³/mol. The fourth-order valence-corrected chi connectivity index (χ4v) is 2.61. The number of halogens is 1. The lowest BCUT2D eigenvalue weighted by Crippen LogP contribution is -2.42. The first kappa shape index (κ1) is 11.8. The topological polar surface area (TPSA) is 32.3 Å². The van der Waals surface area contributed by atoms with Gasteiger partial charge in [-0.3, -0.25) is 4.79 Å². The van der Waals surface area contributed by atoms with Gasteiger partial charge < -0.3 is 10.2 Å². The van der Waals surface area contributed by atoms with Gasteiger partial charge in [0.05, 0.1) is 6.54 Å². The van der Waals surface area contributed by atoms with Gasteiger partial charge >= 0.3 is 0 Å². The van der Waals surface area contributed by atoms with Gasteiger partial charge in [0.2, 0.25) is 5.91 Å². The predicted octanol–water partition coefficient (Wildman–Crippen LogP) is 1.34. The second kappa shape index (κ2) is 5.62. The van der Waals surface area contributed by atoms with Crippen LogP contribution in [0.1, 0.15) is 32.1 Å². The Morgan fingerprint density at radius 2 is 2.06 bits per heavy atom. The molecule has 0 bridgehead atoms. The number of hydrogen-bond acceptors (Lipinski definition) is 2. The lowest BCUT2D eigenvalue weighted by atomic mass is 9.93. The summed E-state index contributed by atoms with van der Waals surface area (Å²) in [7, 11) is 0. The van der Waals surface area contributed by atoms with E-state index < -0.39 is 6.17 Å². The molecule has 2 aliphatic heterocycles. The first-order valence-corrected chi connectivity index (χ1v) is 6.38. The van der Waals surface area contributed by atoms with Crippen molar-refractivity contribution in [2.75, 3.05) is 26.2 Å². The fourth-order valence-electron chi connectivity index (χ4n) is 2.61. The maximum absolute atomic E-state index is 13.2. The number of nitrogens with zero attached hydrogens (tertiary/aromatic N) is 1. The molecule has 4 heteroatoms. The van der Waals surface area contributed by atoms with Crippen molar-refractivity contribution < 1.29 is 9.18 Å². The highest BCUT2D eigenvalue weighted by Gasteiger charge is 2.25. The SMILES string of the molecule is O=C(CC1CCNCC1)N1CCC[C@H](F)C1. The number of nitrogens with one attached hydrogen (secondary N) is 1. The maximum Gasteiger partial charge on any atom is 0.222 e. The van der Waals surface area contributed by atoms with Gasteiger partial charge in [0.25, 0.3) is 0 Å². The fraction of sp³-hybridized carbons (Fsp3) is 0.917. The monoisotopic (exact) mass is 228 g/mol. The molecule has 0 aliphatic carbocycles. The van der Waals surface area contributed by atoms with Crippen LogP contribution in [0.25, 0.3) is 0 Å². The molecule has 0 spiro atoms. The maximum atomic E-state index is 13.2. The van der Waals surface area contributed by atoms with Crippen molar-refractivity contribution in [1.29, 1.82) is 0 Å². The zero-order chi connectivity index (χ0) is 11.4. The van der Waals surface area contributed by atoms with E-state index in [2.05, 4.69) is 5.32 Å². The first-order valence-electron chi connectivity index (χ1n) is 6.38. The van der Waals surface area contributed by atoms with Crippen LogP contribution >= 0.6 is 0 Å². The van der Waals surface area contributed by atoms with Gasteiger partial charge in [-0.05, 0) is 44.7 Å². The molecular weight excluding hydrogens is 207 g/mol. The summed E-state index contributed by atoms with van der Waals surface area (Å²) < 4.78 is 13.2. The Kier molecular flexibility index (Phi) is 4.16. The molecule has 1 atom stereocenters. The van der Waals surface area contributed by atoms with Crippen LogP contribution in [0.3, 0.4) is 0 Å². The molecule has 2 heterocycles. The molecule has 2 fully saturated rings. The molecule has 2 aliphatic rings. The largest absolute Gasteiger partial charge is 0.340 e. The smallest absolute Gasteiger partial charge is 0.222 e. The van der Waals surface area contributed by atoms with Gasteiger partial charge in [0.1, 0.15) is 6.17 Å². The lowest BCUT2D eigenvalue weighted by molar-refractivity contribution is -0.134. The number of alkyl halides is 1. The summed E-state index contributed by atoms with van der Waals surface area (Å²) in [6, 6.07) is 0. The Morgan fingerprint density at radius 1 is 1.31 bits per heavy atom. The summed E-state index contributed by atoms with van der Waals surface area (Å²) in [6.45, 7) is 3.11. The Balaban J connectivity index is 1.77. The van der Waals surface area contributed by atoms with Crippen LogP contribution in [0.5, 0.6) is 0 Å². The van der Waals surface area contributed by atoms with Crippen LogP contribution in [0.4, 0.5) is 4.39 Å². The van der Waals surface area contributed by atoms with Crippen LogP contribution in [0.2, 0.25) is 0 Å². The molecule has 0 aromatic heterocycles. The van der Waals surface area contributed by atoms with E-state index in [-0.39, 0.29) is 5.91 Å². The van der Waals surface area contributed by atoms with Crippen LogP contribution < -0.4 is 5.32 Å². The first-order chi connectivity index (χ1) is 7.75. The molecule has 92 valence electrons. The normalized spacial score (nSPS) is 28.1. The van der Waals surface area contributed by atoms with E-state index >= 15 is 0 Å². The van der Waals surface area contributed by atoms with Gasteiger partial charge in [0.15, 0.2) is 0 Å². The van der Waals surface area contributed by atoms with Crippen molar-refractivity contribution in [3.8, 4) is 0 Å². The highest BCUT2D eigenvalue weighted by molar-refractivity contribution is 5.76. The molecule has 0 saturated carbocycles. The molecule has 0 radical (unpaired) electrons. The van der Waals surface area contributed by atoms with Crippen molar-refractivity contribution in [2.24, 2.45) is 5.92 Å². The van der Waals surface area contributed by atoms with Crippen molar-refractivity contribution in [1.82, 2.24) is 10.2 Å². The number of carbonyl (C=O) groups excluding carboxylic acids is 1. The molecule has 3 nitrogen and oxygen atoms in total. The summed E-state index contributed by atoms with van der Waals surface area (Å²) >= 11 is 0. The van der Waals surface area contributed by atoms with Gasteiger partial charge in [-0.1, -0.05) is 0 Å². The van der Waals surface area contributed by atoms with Crippen molar-refractivity contribution >= 4 is 5.91 Å². The summed E-state index contributed by atoms with van der Waals surface area (Å²) in [6.07, 6.45) is 3.42. The van der Waals surface area contributed by atoms with E-state index in [1.807, 2.05) is 0 Å². The highest BCUT2D eigenvalue weighted by atomic mass is 19.1. The van der Waals surface area contributed by atoms with Crippen molar-refractivity contribution in [3.05, 3.63) is 0 Å². The van der Waals surface area contributed by atoms with E-state index in [0.29, 0.717) is 25.3 Å². The van der Waals surface area contributed by atoms with E-state index in [1.54, 1.807) is 4.90 Å². The summed E-state index contributed by atoms with van der Waals surface area (Å²) in [4.78, 5) is 13.7. The van der Waals surface area contributed by atoms with Crippen molar-refractivity contribution in [3.63, 3.8) is 0 Å². The summed E-state index contributed by atoms with van der Waals surface area (Å²) in [5, 5.41) is 3.29. The number of likely N-dealkylation sites (tertiary alicyclic amines) is 1. The molecule has 1 amide bonds. The van der Waals surface area contributed by atoms with E-state index in [9.17, 15) is 9.18 Å². The third-order valence-electron chi connectivity index (χ3n) is 3.64. The summed E-state index contributed by atoms with van der Waals surface area (Å²) in [5.41, 5.74) is 0. The Hall–Kier alpha value is -0.640. The Morgan fingerprint density at radius 3 is 2.75 bits per heavy atom. The molecule has 2 saturated heterocycles. The number of amides is 1. The van der Waals surface area contributed by atoms with Gasteiger partial charge in [-0.25, -0.2) is 4.39 Å². The number of piperidine rings is 2. The quantitative estimate of drug-likeness (QED) is 0.773. The van der Waals surface area contributed by atoms with Crippen LogP contribution in [-0.2, 0) is 4.79 Å². The molecule has 16 heavy (non-hydrogen) atoms. The second-order valence-electron chi connectivity index (χ2n) is 4.98. The minimum absolute atomic E-state index is 0.161. The van der Waals surface area contributed by atoms with Crippen LogP contribution in [-0.4, -0.2) is 43.2 Å². The van der Waals surface area contributed by atoms with Gasteiger partial charge in [-0.15, -0.1) is 0 Å².